The molecule has 112 valence electrons. The molecule has 21 heavy (non-hydrogen) atoms. The van der Waals surface area contributed by atoms with Gasteiger partial charge >= 0.3 is 6.36 Å². The maximum Gasteiger partial charge on any atom is 0.573 e. The van der Waals surface area contributed by atoms with Crippen LogP contribution in [0.1, 0.15) is 24.2 Å². The molecule has 6 heteroatoms. The van der Waals surface area contributed by atoms with Crippen LogP contribution in [0.25, 0.3) is 0 Å². The molecule has 3 nitrogen and oxygen atoms in total. The van der Waals surface area contributed by atoms with Crippen molar-refractivity contribution >= 4 is 0 Å². The molecule has 0 spiro atoms. The maximum atomic E-state index is 12.3. The molecule has 0 aliphatic carbocycles. The van der Waals surface area contributed by atoms with Gasteiger partial charge in [-0.1, -0.05) is 24.3 Å². The third-order valence-electron chi connectivity index (χ3n) is 2.93. The van der Waals surface area contributed by atoms with Crippen LogP contribution in [-0.4, -0.2) is 11.3 Å². The number of benzene rings is 1. The van der Waals surface area contributed by atoms with Crippen LogP contribution in [-0.2, 0) is 6.54 Å². The molecule has 1 aromatic carbocycles. The number of ether oxygens (including phenoxy) is 1. The molecule has 0 radical (unpaired) electrons. The lowest BCUT2D eigenvalue weighted by atomic mass is 10.1. The monoisotopic (exact) mass is 296 g/mol. The third-order valence-corrected chi connectivity index (χ3v) is 2.93. The summed E-state index contributed by atoms with van der Waals surface area (Å²) in [6.07, 6.45) is -3.02. The lowest BCUT2D eigenvalue weighted by Crippen LogP contribution is -2.22. The Morgan fingerprint density at radius 3 is 2.52 bits per heavy atom. The summed E-state index contributed by atoms with van der Waals surface area (Å²) in [7, 11) is 0. The van der Waals surface area contributed by atoms with E-state index in [0.29, 0.717) is 5.56 Å². The number of alkyl halides is 3. The lowest BCUT2D eigenvalue weighted by molar-refractivity contribution is -0.274. The highest BCUT2D eigenvalue weighted by molar-refractivity contribution is 5.33. The van der Waals surface area contributed by atoms with Gasteiger partial charge in [0.15, 0.2) is 0 Å². The fraction of sp³-hybridized carbons (Fsp3) is 0.267. The van der Waals surface area contributed by atoms with Gasteiger partial charge in [0.1, 0.15) is 5.75 Å². The minimum atomic E-state index is -4.69. The van der Waals surface area contributed by atoms with Crippen molar-refractivity contribution in [3.05, 3.63) is 59.9 Å². The normalized spacial score (nSPS) is 13.0. The fourth-order valence-electron chi connectivity index (χ4n) is 1.87. The quantitative estimate of drug-likeness (QED) is 0.910. The smallest absolute Gasteiger partial charge is 0.405 e. The van der Waals surface area contributed by atoms with E-state index in [0.717, 1.165) is 5.69 Å². The van der Waals surface area contributed by atoms with E-state index in [1.807, 2.05) is 25.1 Å². The van der Waals surface area contributed by atoms with Crippen molar-refractivity contribution in [3.63, 3.8) is 0 Å². The third kappa shape index (κ3) is 4.75. The van der Waals surface area contributed by atoms with Gasteiger partial charge in [-0.3, -0.25) is 4.98 Å². The second-order valence-electron chi connectivity index (χ2n) is 4.51. The van der Waals surface area contributed by atoms with Gasteiger partial charge in [0, 0.05) is 24.3 Å². The van der Waals surface area contributed by atoms with Crippen LogP contribution < -0.4 is 10.1 Å². The van der Waals surface area contributed by atoms with Gasteiger partial charge in [0.2, 0.25) is 0 Å². The Balaban J connectivity index is 2.03. The summed E-state index contributed by atoms with van der Waals surface area (Å²) >= 11 is 0. The summed E-state index contributed by atoms with van der Waals surface area (Å²) < 4.78 is 41.0. The van der Waals surface area contributed by atoms with E-state index in [-0.39, 0.29) is 18.3 Å². The number of halogens is 3. The molecule has 0 aliphatic rings. The SMILES string of the molecule is C[C@@H](NCc1ccccc1OC(F)(F)F)c1ccccn1. The number of pyridine rings is 1. The molecule has 0 aliphatic heterocycles. The number of hydrogen-bond donors (Lipinski definition) is 1. The summed E-state index contributed by atoms with van der Waals surface area (Å²) in [5, 5.41) is 3.13. The van der Waals surface area contributed by atoms with Gasteiger partial charge in [-0.15, -0.1) is 13.2 Å². The predicted octanol–water partition coefficient (Wildman–Crippen LogP) is 3.83. The molecular weight excluding hydrogens is 281 g/mol. The largest absolute Gasteiger partial charge is 0.573 e. The van der Waals surface area contributed by atoms with Gasteiger partial charge in [0.05, 0.1) is 5.69 Å². The van der Waals surface area contributed by atoms with Crippen LogP contribution in [0, 0.1) is 0 Å². The first-order valence-corrected chi connectivity index (χ1v) is 6.43. The van der Waals surface area contributed by atoms with Gasteiger partial charge < -0.3 is 10.1 Å². The zero-order chi connectivity index (χ0) is 15.3. The molecule has 1 aromatic heterocycles. The highest BCUT2D eigenvalue weighted by atomic mass is 19.4. The van der Waals surface area contributed by atoms with Crippen molar-refractivity contribution in [3.8, 4) is 5.75 Å². The van der Waals surface area contributed by atoms with Gasteiger partial charge in [-0.25, -0.2) is 0 Å². The summed E-state index contributed by atoms with van der Waals surface area (Å²) in [5.41, 5.74) is 1.27. The number of nitrogens with zero attached hydrogens (tertiary/aromatic N) is 1. The molecule has 1 N–H and O–H groups in total. The minimum absolute atomic E-state index is 0.0786. The lowest BCUT2D eigenvalue weighted by Gasteiger charge is -2.16. The molecule has 2 aromatic rings. The average Bonchev–Trinajstić information content (AvgIpc) is 2.45. The predicted molar refractivity (Wildman–Crippen MR) is 72.6 cm³/mol. The van der Waals surface area contributed by atoms with Crippen LogP contribution in [0.5, 0.6) is 5.75 Å². The highest BCUT2D eigenvalue weighted by Crippen LogP contribution is 2.26. The molecule has 0 saturated carbocycles. The van der Waals surface area contributed by atoms with E-state index in [1.165, 1.54) is 12.1 Å². The van der Waals surface area contributed by atoms with Crippen LogP contribution in [0.4, 0.5) is 13.2 Å². The zero-order valence-electron chi connectivity index (χ0n) is 11.4. The molecule has 1 heterocycles. The van der Waals surface area contributed by atoms with Crippen molar-refractivity contribution in [2.75, 3.05) is 0 Å². The van der Waals surface area contributed by atoms with Crippen molar-refractivity contribution in [1.82, 2.24) is 10.3 Å². The molecule has 1 atom stereocenters. The first kappa shape index (κ1) is 15.3. The second kappa shape index (κ2) is 6.58. The van der Waals surface area contributed by atoms with E-state index in [9.17, 15) is 13.2 Å². The minimum Gasteiger partial charge on any atom is -0.405 e. The van der Waals surface area contributed by atoms with Crippen LogP contribution in [0.3, 0.4) is 0 Å². The highest BCUT2D eigenvalue weighted by Gasteiger charge is 2.31. The van der Waals surface area contributed by atoms with E-state index >= 15 is 0 Å². The molecule has 0 amide bonds. The average molecular weight is 296 g/mol. The van der Waals surface area contributed by atoms with Crippen molar-refractivity contribution in [1.29, 1.82) is 0 Å². The summed E-state index contributed by atoms with van der Waals surface area (Å²) in [6.45, 7) is 2.15. The summed E-state index contributed by atoms with van der Waals surface area (Å²) in [5.74, 6) is -0.189. The van der Waals surface area contributed by atoms with Crippen LogP contribution in [0.15, 0.2) is 48.7 Å². The van der Waals surface area contributed by atoms with Gasteiger partial charge in [-0.2, -0.15) is 0 Å². The molecule has 0 bridgehead atoms. The van der Waals surface area contributed by atoms with E-state index in [4.69, 9.17) is 0 Å². The number of para-hydroxylation sites is 1. The Morgan fingerprint density at radius 2 is 1.86 bits per heavy atom. The Hall–Kier alpha value is -2.08. The molecule has 0 unspecified atom stereocenters. The number of nitrogens with one attached hydrogen (secondary N) is 1. The van der Waals surface area contributed by atoms with E-state index in [1.54, 1.807) is 18.3 Å². The van der Waals surface area contributed by atoms with Crippen molar-refractivity contribution < 1.29 is 17.9 Å². The topological polar surface area (TPSA) is 34.1 Å². The zero-order valence-corrected chi connectivity index (χ0v) is 11.4. The first-order chi connectivity index (χ1) is 9.96. The number of hydrogen-bond acceptors (Lipinski definition) is 3. The Labute approximate surface area is 120 Å². The first-order valence-electron chi connectivity index (χ1n) is 6.43. The fourth-order valence-corrected chi connectivity index (χ4v) is 1.87. The van der Waals surface area contributed by atoms with Gasteiger partial charge in [-0.05, 0) is 25.1 Å². The molecular formula is C15H15F3N2O. The molecule has 0 fully saturated rings. The summed E-state index contributed by atoms with van der Waals surface area (Å²) in [6, 6.07) is 11.5. The van der Waals surface area contributed by atoms with E-state index in [2.05, 4.69) is 15.0 Å². The van der Waals surface area contributed by atoms with Crippen LogP contribution in [0.2, 0.25) is 0 Å². The number of aromatic nitrogens is 1. The van der Waals surface area contributed by atoms with Crippen molar-refractivity contribution in [2.45, 2.75) is 25.9 Å². The van der Waals surface area contributed by atoms with Crippen molar-refractivity contribution in [2.24, 2.45) is 0 Å². The second-order valence-corrected chi connectivity index (χ2v) is 4.51. The van der Waals surface area contributed by atoms with Gasteiger partial charge in [0.25, 0.3) is 0 Å². The van der Waals surface area contributed by atoms with E-state index < -0.39 is 6.36 Å². The molecule has 2 rings (SSSR count). The van der Waals surface area contributed by atoms with Crippen LogP contribution >= 0.6 is 0 Å². The maximum absolute atomic E-state index is 12.3. The molecule has 0 saturated heterocycles. The Morgan fingerprint density at radius 1 is 1.14 bits per heavy atom. The summed E-state index contributed by atoms with van der Waals surface area (Å²) in [4.78, 5) is 4.20. The number of rotatable bonds is 5. The Bertz CT molecular complexity index is 573. The Kier molecular flexibility index (Phi) is 4.80. The standard InChI is InChI=1S/C15H15F3N2O/c1-11(13-7-4-5-9-19-13)20-10-12-6-2-3-8-14(12)21-15(16,17)18/h2-9,11,20H,10H2,1H3/t11-/m1/s1.